The number of urea groups is 1. The topological polar surface area (TPSA) is 41.1 Å². The van der Waals surface area contributed by atoms with Gasteiger partial charge in [-0.15, -0.1) is 11.3 Å². The molecule has 2 aromatic rings. The molecule has 0 unspecified atom stereocenters. The van der Waals surface area contributed by atoms with E-state index < -0.39 is 17.7 Å². The molecule has 0 bridgehead atoms. The van der Waals surface area contributed by atoms with Crippen LogP contribution >= 0.6 is 22.9 Å². The molecule has 0 aliphatic rings. The Morgan fingerprint density at radius 3 is 2.63 bits per heavy atom. The van der Waals surface area contributed by atoms with Crippen molar-refractivity contribution in [3.63, 3.8) is 0 Å². The number of anilines is 2. The maximum Gasteiger partial charge on any atom is 0.324 e. The van der Waals surface area contributed by atoms with E-state index in [1.54, 1.807) is 5.38 Å². The van der Waals surface area contributed by atoms with Crippen molar-refractivity contribution in [3.05, 3.63) is 45.8 Å². The number of hydrogen-bond acceptors (Lipinski definition) is 2. The van der Waals surface area contributed by atoms with Gasteiger partial charge in [-0.25, -0.2) is 13.6 Å². The van der Waals surface area contributed by atoms with Crippen LogP contribution in [0.1, 0.15) is 5.56 Å². The van der Waals surface area contributed by atoms with E-state index in [9.17, 15) is 13.6 Å². The van der Waals surface area contributed by atoms with E-state index in [0.717, 1.165) is 17.7 Å². The summed E-state index contributed by atoms with van der Waals surface area (Å²) in [5, 5.41) is 7.48. The molecule has 3 nitrogen and oxygen atoms in total. The molecule has 1 aromatic carbocycles. The summed E-state index contributed by atoms with van der Waals surface area (Å²) in [4.78, 5) is 11.6. The van der Waals surface area contributed by atoms with Gasteiger partial charge in [0.15, 0.2) is 0 Å². The normalized spacial score (nSPS) is 10.3. The minimum absolute atomic E-state index is 0.108. The summed E-state index contributed by atoms with van der Waals surface area (Å²) in [6.07, 6.45) is 0. The molecule has 0 radical (unpaired) electrons. The smallest absolute Gasteiger partial charge is 0.305 e. The third-order valence-corrected chi connectivity index (χ3v) is 3.92. The highest BCUT2D eigenvalue weighted by atomic mass is 35.5. The fourth-order valence-corrected chi connectivity index (χ4v) is 2.49. The molecule has 2 N–H and O–H groups in total. The van der Waals surface area contributed by atoms with Crippen molar-refractivity contribution < 1.29 is 13.6 Å². The number of hydrogen-bond donors (Lipinski definition) is 2. The predicted octanol–water partition coefficient (Wildman–Crippen LogP) is 4.63. The third-order valence-electron chi connectivity index (χ3n) is 2.31. The Morgan fingerprint density at radius 2 is 2.05 bits per heavy atom. The Bertz CT molecular complexity index is 630. The lowest BCUT2D eigenvalue weighted by molar-refractivity contribution is 0.262. The molecule has 0 atom stereocenters. The summed E-state index contributed by atoms with van der Waals surface area (Å²) in [6, 6.07) is 2.25. The second-order valence-corrected chi connectivity index (χ2v) is 5.02. The Labute approximate surface area is 117 Å². The zero-order chi connectivity index (χ0) is 14.0. The molecule has 0 aliphatic carbocycles. The molecule has 2 rings (SSSR count). The molecule has 19 heavy (non-hydrogen) atoms. The predicted molar refractivity (Wildman–Crippen MR) is 73.1 cm³/mol. The number of thiophene rings is 1. The van der Waals surface area contributed by atoms with Gasteiger partial charge in [-0.2, -0.15) is 0 Å². The number of nitrogens with one attached hydrogen (secondary N) is 2. The van der Waals surface area contributed by atoms with E-state index >= 15 is 0 Å². The SMILES string of the molecule is Cc1csc(NC(=O)Nc2ccc(F)cc2F)c1Cl. The fraction of sp³-hybridized carbons (Fsp3) is 0.0833. The lowest BCUT2D eigenvalue weighted by Gasteiger charge is -2.07. The molecule has 0 fully saturated rings. The van der Waals surface area contributed by atoms with Crippen LogP contribution < -0.4 is 10.6 Å². The van der Waals surface area contributed by atoms with Crippen molar-refractivity contribution in [3.8, 4) is 0 Å². The van der Waals surface area contributed by atoms with Crippen molar-refractivity contribution in [2.75, 3.05) is 10.6 Å². The van der Waals surface area contributed by atoms with Gasteiger partial charge in [0.2, 0.25) is 0 Å². The largest absolute Gasteiger partial charge is 0.324 e. The second-order valence-electron chi connectivity index (χ2n) is 3.77. The Morgan fingerprint density at radius 1 is 1.32 bits per heavy atom. The zero-order valence-electron chi connectivity index (χ0n) is 9.76. The van der Waals surface area contributed by atoms with Gasteiger partial charge in [0, 0.05) is 6.07 Å². The average molecular weight is 303 g/mol. The zero-order valence-corrected chi connectivity index (χ0v) is 11.3. The molecule has 0 saturated carbocycles. The highest BCUT2D eigenvalue weighted by Gasteiger charge is 2.12. The van der Waals surface area contributed by atoms with E-state index in [0.29, 0.717) is 16.1 Å². The summed E-state index contributed by atoms with van der Waals surface area (Å²) < 4.78 is 26.0. The van der Waals surface area contributed by atoms with Gasteiger partial charge < -0.3 is 5.32 Å². The molecule has 0 aliphatic heterocycles. The fourth-order valence-electron chi connectivity index (χ4n) is 1.36. The lowest BCUT2D eigenvalue weighted by Crippen LogP contribution is -2.19. The van der Waals surface area contributed by atoms with Gasteiger partial charge in [0.25, 0.3) is 0 Å². The third kappa shape index (κ3) is 3.21. The quantitative estimate of drug-likeness (QED) is 0.834. The number of benzene rings is 1. The van der Waals surface area contributed by atoms with E-state index in [2.05, 4.69) is 10.6 Å². The number of amides is 2. The Kier molecular flexibility index (Phi) is 4.01. The molecular formula is C12H9ClF2N2OS. The van der Waals surface area contributed by atoms with Crippen LogP contribution in [0.15, 0.2) is 23.6 Å². The van der Waals surface area contributed by atoms with Gasteiger partial charge in [-0.05, 0) is 30.0 Å². The van der Waals surface area contributed by atoms with Crippen LogP contribution in [0.2, 0.25) is 5.02 Å². The van der Waals surface area contributed by atoms with E-state index in [1.807, 2.05) is 6.92 Å². The van der Waals surface area contributed by atoms with Crippen molar-refractivity contribution in [1.82, 2.24) is 0 Å². The van der Waals surface area contributed by atoms with Crippen molar-refractivity contribution >= 4 is 39.7 Å². The number of aryl methyl sites for hydroxylation is 1. The maximum atomic E-state index is 13.3. The van der Waals surface area contributed by atoms with E-state index in [4.69, 9.17) is 11.6 Å². The summed E-state index contributed by atoms with van der Waals surface area (Å²) in [7, 11) is 0. The van der Waals surface area contributed by atoms with Crippen molar-refractivity contribution in [2.24, 2.45) is 0 Å². The van der Waals surface area contributed by atoms with Gasteiger partial charge in [-0.1, -0.05) is 11.6 Å². The minimum Gasteiger partial charge on any atom is -0.305 e. The number of carbonyl (C=O) groups is 1. The van der Waals surface area contributed by atoms with E-state index in [-0.39, 0.29) is 5.69 Å². The van der Waals surface area contributed by atoms with Crippen molar-refractivity contribution in [2.45, 2.75) is 6.92 Å². The molecule has 7 heteroatoms. The highest BCUT2D eigenvalue weighted by Crippen LogP contribution is 2.32. The van der Waals surface area contributed by atoms with Crippen LogP contribution in [0.3, 0.4) is 0 Å². The Balaban J connectivity index is 2.07. The van der Waals surface area contributed by atoms with Gasteiger partial charge >= 0.3 is 6.03 Å². The van der Waals surface area contributed by atoms with E-state index in [1.165, 1.54) is 11.3 Å². The second kappa shape index (κ2) is 5.54. The molecule has 1 aromatic heterocycles. The van der Waals surface area contributed by atoms with Crippen LogP contribution in [-0.4, -0.2) is 6.03 Å². The summed E-state index contributed by atoms with van der Waals surface area (Å²) >= 11 is 7.22. The standard InChI is InChI=1S/C12H9ClF2N2OS/c1-6-5-19-11(10(6)13)17-12(18)16-9-3-2-7(14)4-8(9)15/h2-5H,1H3,(H2,16,17,18). The first-order valence-electron chi connectivity index (χ1n) is 5.24. The first-order valence-corrected chi connectivity index (χ1v) is 6.50. The molecule has 2 amide bonds. The summed E-state index contributed by atoms with van der Waals surface area (Å²) in [6.45, 7) is 1.81. The number of rotatable bonds is 2. The van der Waals surface area contributed by atoms with Crippen LogP contribution in [0, 0.1) is 18.6 Å². The molecule has 100 valence electrons. The molecule has 1 heterocycles. The molecular weight excluding hydrogens is 294 g/mol. The van der Waals surface area contributed by atoms with Crippen molar-refractivity contribution in [1.29, 1.82) is 0 Å². The number of halogens is 3. The first-order chi connectivity index (χ1) is 8.97. The maximum absolute atomic E-state index is 13.3. The average Bonchev–Trinajstić information content (AvgIpc) is 2.65. The van der Waals surface area contributed by atoms with Crippen LogP contribution in [0.5, 0.6) is 0 Å². The lowest BCUT2D eigenvalue weighted by atomic mass is 10.3. The Hall–Kier alpha value is -1.66. The van der Waals surface area contributed by atoms with Gasteiger partial charge in [0.05, 0.1) is 10.7 Å². The molecule has 0 saturated heterocycles. The monoisotopic (exact) mass is 302 g/mol. The van der Waals surface area contributed by atoms with Crippen LogP contribution in [0.25, 0.3) is 0 Å². The van der Waals surface area contributed by atoms with Crippen LogP contribution in [0.4, 0.5) is 24.3 Å². The first kappa shape index (κ1) is 13.8. The van der Waals surface area contributed by atoms with Gasteiger partial charge in [-0.3, -0.25) is 5.32 Å². The molecule has 0 spiro atoms. The van der Waals surface area contributed by atoms with Gasteiger partial charge in [0.1, 0.15) is 16.6 Å². The van der Waals surface area contributed by atoms with Crippen LogP contribution in [-0.2, 0) is 0 Å². The summed E-state index contributed by atoms with van der Waals surface area (Å²) in [5.41, 5.74) is 0.734. The highest BCUT2D eigenvalue weighted by molar-refractivity contribution is 7.15. The minimum atomic E-state index is -0.844. The number of carbonyl (C=O) groups excluding carboxylic acids is 1. The summed E-state index contributed by atoms with van der Waals surface area (Å²) in [5.74, 6) is -1.55.